The molecule has 4 rings (SSSR count). The van der Waals surface area contributed by atoms with Gasteiger partial charge in [0.2, 0.25) is 0 Å². The minimum Gasteiger partial charge on any atom is -0.315 e. The van der Waals surface area contributed by atoms with Crippen molar-refractivity contribution in [2.45, 2.75) is 19.9 Å². The van der Waals surface area contributed by atoms with Gasteiger partial charge >= 0.3 is 0 Å². The van der Waals surface area contributed by atoms with Crippen molar-refractivity contribution in [2.24, 2.45) is 0 Å². The number of nitrogens with zero attached hydrogens (tertiary/aromatic N) is 4. The number of hydrogen-bond donors (Lipinski definition) is 0. The molecule has 0 aliphatic rings. The molecule has 6 heteroatoms. The highest BCUT2D eigenvalue weighted by molar-refractivity contribution is 6.04. The summed E-state index contributed by atoms with van der Waals surface area (Å²) in [6.45, 7) is 2.65. The van der Waals surface area contributed by atoms with E-state index in [1.54, 1.807) is 47.6 Å². The third-order valence-electron chi connectivity index (χ3n) is 4.24. The molecule has 0 bridgehead atoms. The van der Waals surface area contributed by atoms with Crippen molar-refractivity contribution in [1.29, 1.82) is 0 Å². The number of aromatic nitrogens is 4. The summed E-state index contributed by atoms with van der Waals surface area (Å²) in [4.78, 5) is 34.2. The molecule has 0 aromatic carbocycles. The van der Waals surface area contributed by atoms with Crippen LogP contribution in [0.1, 0.15) is 13.3 Å². The van der Waals surface area contributed by atoms with Crippen LogP contribution in [0.4, 0.5) is 0 Å². The summed E-state index contributed by atoms with van der Waals surface area (Å²) in [5, 5.41) is 1.52. The fourth-order valence-electron chi connectivity index (χ4n) is 3.05. The third-order valence-corrected chi connectivity index (χ3v) is 4.24. The Morgan fingerprint density at radius 3 is 2.60 bits per heavy atom. The molecule has 4 aromatic rings. The summed E-state index contributed by atoms with van der Waals surface area (Å²) in [6.07, 6.45) is 7.45. The molecule has 6 nitrogen and oxygen atoms in total. The zero-order valence-corrected chi connectivity index (χ0v) is 13.7. The second-order valence-electron chi connectivity index (χ2n) is 5.84. The molecule has 0 fully saturated rings. The average Bonchev–Trinajstić information content (AvgIpc) is 2.65. The summed E-state index contributed by atoms with van der Waals surface area (Å²) in [7, 11) is 0. The number of aryl methyl sites for hydroxylation is 1. The van der Waals surface area contributed by atoms with Crippen LogP contribution in [0.3, 0.4) is 0 Å². The zero-order valence-electron chi connectivity index (χ0n) is 13.7. The Labute approximate surface area is 143 Å². The van der Waals surface area contributed by atoms with Crippen LogP contribution in [0.5, 0.6) is 0 Å². The first-order valence-corrected chi connectivity index (χ1v) is 8.15. The second kappa shape index (κ2) is 5.98. The van der Waals surface area contributed by atoms with Gasteiger partial charge in [-0.1, -0.05) is 13.0 Å². The molecule has 0 spiro atoms. The van der Waals surface area contributed by atoms with Crippen LogP contribution in [-0.2, 0) is 6.54 Å². The maximum atomic E-state index is 13.0. The van der Waals surface area contributed by atoms with Crippen LogP contribution in [0.25, 0.3) is 27.5 Å². The maximum absolute atomic E-state index is 13.0. The highest BCUT2D eigenvalue weighted by Gasteiger charge is 2.12. The predicted octanol–water partition coefficient (Wildman–Crippen LogP) is 2.51. The highest BCUT2D eigenvalue weighted by Crippen LogP contribution is 2.18. The van der Waals surface area contributed by atoms with Crippen LogP contribution in [-0.4, -0.2) is 19.1 Å². The van der Waals surface area contributed by atoms with Crippen molar-refractivity contribution in [3.8, 4) is 5.82 Å². The summed E-state index contributed by atoms with van der Waals surface area (Å²) in [5.74, 6) is 0.533. The van der Waals surface area contributed by atoms with Crippen molar-refractivity contribution in [2.75, 3.05) is 0 Å². The molecule has 4 heterocycles. The van der Waals surface area contributed by atoms with Gasteiger partial charge in [0.1, 0.15) is 5.82 Å². The van der Waals surface area contributed by atoms with E-state index in [2.05, 4.69) is 9.97 Å². The van der Waals surface area contributed by atoms with Crippen molar-refractivity contribution in [3.05, 3.63) is 75.8 Å². The van der Waals surface area contributed by atoms with E-state index in [-0.39, 0.29) is 11.1 Å². The third kappa shape index (κ3) is 2.42. The first-order valence-electron chi connectivity index (χ1n) is 8.15. The van der Waals surface area contributed by atoms with Crippen LogP contribution >= 0.6 is 0 Å². The SMILES string of the molecule is CCCn1ccc2c(cnc3ccn(-c4ccccn4)c(=O)c32)c1=O. The number of hydrogen-bond acceptors (Lipinski definition) is 4. The van der Waals surface area contributed by atoms with Crippen LogP contribution < -0.4 is 11.1 Å². The van der Waals surface area contributed by atoms with Gasteiger partial charge in [-0.3, -0.25) is 19.1 Å². The maximum Gasteiger partial charge on any atom is 0.266 e. The number of rotatable bonds is 3. The van der Waals surface area contributed by atoms with E-state index >= 15 is 0 Å². The van der Waals surface area contributed by atoms with Crippen molar-refractivity contribution in [1.82, 2.24) is 19.1 Å². The van der Waals surface area contributed by atoms with Gasteiger partial charge in [-0.05, 0) is 30.7 Å². The molecular weight excluding hydrogens is 316 g/mol. The Kier molecular flexibility index (Phi) is 3.65. The first kappa shape index (κ1) is 15.3. The van der Waals surface area contributed by atoms with Crippen molar-refractivity contribution < 1.29 is 0 Å². The molecule has 0 unspecified atom stereocenters. The average molecular weight is 332 g/mol. The predicted molar refractivity (Wildman–Crippen MR) is 97.2 cm³/mol. The van der Waals surface area contributed by atoms with Gasteiger partial charge < -0.3 is 4.57 Å². The van der Waals surface area contributed by atoms with E-state index in [1.807, 2.05) is 19.1 Å². The lowest BCUT2D eigenvalue weighted by Crippen LogP contribution is -2.22. The van der Waals surface area contributed by atoms with Crippen LogP contribution in [0.15, 0.2) is 64.7 Å². The monoisotopic (exact) mass is 332 g/mol. The highest BCUT2D eigenvalue weighted by atomic mass is 16.1. The number of pyridine rings is 4. The van der Waals surface area contributed by atoms with Gasteiger partial charge in [0.15, 0.2) is 0 Å². The van der Waals surface area contributed by atoms with Crippen LogP contribution in [0.2, 0.25) is 0 Å². The molecule has 0 aliphatic heterocycles. The smallest absolute Gasteiger partial charge is 0.266 e. The molecule has 124 valence electrons. The summed E-state index contributed by atoms with van der Waals surface area (Å²) in [6, 6.07) is 8.97. The van der Waals surface area contributed by atoms with E-state index in [0.717, 1.165) is 6.42 Å². The Hall–Kier alpha value is -3.28. The van der Waals surface area contributed by atoms with Gasteiger partial charge in [0.05, 0.1) is 16.3 Å². The lowest BCUT2D eigenvalue weighted by molar-refractivity contribution is 0.659. The van der Waals surface area contributed by atoms with E-state index in [0.29, 0.717) is 34.0 Å². The van der Waals surface area contributed by atoms with E-state index < -0.39 is 0 Å². The minimum absolute atomic E-state index is 0.124. The lowest BCUT2D eigenvalue weighted by Gasteiger charge is -2.09. The second-order valence-corrected chi connectivity index (χ2v) is 5.84. The Morgan fingerprint density at radius 1 is 0.960 bits per heavy atom. The standard InChI is InChI=1S/C19H16N4O2/c1-2-9-22-10-6-13-14(18(22)24)12-21-15-7-11-23(19(25)17(13)15)16-5-3-4-8-20-16/h3-8,10-12H,2,9H2,1H3. The van der Waals surface area contributed by atoms with Gasteiger partial charge in [-0.2, -0.15) is 0 Å². The van der Waals surface area contributed by atoms with E-state index in [1.165, 1.54) is 4.57 Å². The van der Waals surface area contributed by atoms with Gasteiger partial charge in [0, 0.05) is 36.7 Å². The molecule has 0 atom stereocenters. The Balaban J connectivity index is 2.08. The fourth-order valence-corrected chi connectivity index (χ4v) is 3.05. The van der Waals surface area contributed by atoms with Crippen molar-refractivity contribution >= 4 is 21.7 Å². The number of fused-ring (bicyclic) bond motifs is 3. The summed E-state index contributed by atoms with van der Waals surface area (Å²) >= 11 is 0. The molecule has 0 saturated carbocycles. The summed E-state index contributed by atoms with van der Waals surface area (Å²) in [5.41, 5.74) is 0.209. The summed E-state index contributed by atoms with van der Waals surface area (Å²) < 4.78 is 3.12. The van der Waals surface area contributed by atoms with Crippen LogP contribution in [0, 0.1) is 0 Å². The topological polar surface area (TPSA) is 69.8 Å². The quantitative estimate of drug-likeness (QED) is 0.541. The Morgan fingerprint density at radius 2 is 1.84 bits per heavy atom. The largest absolute Gasteiger partial charge is 0.315 e. The lowest BCUT2D eigenvalue weighted by atomic mass is 10.1. The molecule has 0 aliphatic carbocycles. The van der Waals surface area contributed by atoms with Crippen molar-refractivity contribution in [3.63, 3.8) is 0 Å². The minimum atomic E-state index is -0.234. The van der Waals surface area contributed by atoms with Gasteiger partial charge in [-0.15, -0.1) is 0 Å². The molecule has 4 aromatic heterocycles. The molecule has 25 heavy (non-hydrogen) atoms. The van der Waals surface area contributed by atoms with E-state index in [4.69, 9.17) is 0 Å². The Bertz CT molecular complexity index is 1190. The first-order chi connectivity index (χ1) is 12.2. The normalized spacial score (nSPS) is 11.2. The molecule has 0 N–H and O–H groups in total. The molecule has 0 saturated heterocycles. The molecule has 0 amide bonds. The molecular formula is C19H16N4O2. The van der Waals surface area contributed by atoms with Gasteiger partial charge in [-0.25, -0.2) is 4.98 Å². The van der Waals surface area contributed by atoms with E-state index in [9.17, 15) is 9.59 Å². The zero-order chi connectivity index (χ0) is 17.4. The fraction of sp³-hybridized carbons (Fsp3) is 0.158. The molecule has 0 radical (unpaired) electrons. The van der Waals surface area contributed by atoms with Gasteiger partial charge in [0.25, 0.3) is 11.1 Å².